The number of halogens is 1. The van der Waals surface area contributed by atoms with Crippen molar-refractivity contribution in [3.63, 3.8) is 0 Å². The van der Waals surface area contributed by atoms with Gasteiger partial charge in [0.15, 0.2) is 0 Å². The van der Waals surface area contributed by atoms with Crippen LogP contribution in [-0.2, 0) is 4.74 Å². The molecule has 0 bridgehead atoms. The molecule has 0 atom stereocenters. The highest BCUT2D eigenvalue weighted by Gasteiger charge is 2.13. The van der Waals surface area contributed by atoms with Gasteiger partial charge in [0, 0.05) is 16.9 Å². The number of methoxy groups -OCH3 is 1. The summed E-state index contributed by atoms with van der Waals surface area (Å²) in [7, 11) is 1.30. The van der Waals surface area contributed by atoms with Crippen molar-refractivity contribution in [3.8, 4) is 0 Å². The number of anilines is 3. The van der Waals surface area contributed by atoms with Gasteiger partial charge in [-0.2, -0.15) is 0 Å². The number of aromatic nitrogens is 2. The Morgan fingerprint density at radius 3 is 2.52 bits per heavy atom. The number of rotatable bonds is 5. The summed E-state index contributed by atoms with van der Waals surface area (Å²) in [5.74, 6) is -0.714. The zero-order valence-electron chi connectivity index (χ0n) is 14.3. The molecule has 0 aliphatic carbocycles. The molecule has 136 valence electrons. The van der Waals surface area contributed by atoms with E-state index in [1.807, 2.05) is 0 Å². The van der Waals surface area contributed by atoms with Crippen molar-refractivity contribution < 1.29 is 14.3 Å². The summed E-state index contributed by atoms with van der Waals surface area (Å²) in [6, 6.07) is 15.0. The molecule has 8 heteroatoms. The van der Waals surface area contributed by atoms with Crippen LogP contribution in [0.3, 0.4) is 0 Å². The van der Waals surface area contributed by atoms with Crippen LogP contribution in [0, 0.1) is 0 Å². The number of esters is 1. The molecule has 0 fully saturated rings. The van der Waals surface area contributed by atoms with Crippen molar-refractivity contribution in [1.29, 1.82) is 0 Å². The second-order valence-electron chi connectivity index (χ2n) is 5.39. The van der Waals surface area contributed by atoms with E-state index in [2.05, 4.69) is 20.6 Å². The molecule has 0 saturated heterocycles. The Labute approximate surface area is 160 Å². The Balaban J connectivity index is 1.79. The van der Waals surface area contributed by atoms with Gasteiger partial charge in [-0.25, -0.2) is 14.8 Å². The number of benzene rings is 2. The zero-order valence-corrected chi connectivity index (χ0v) is 15.0. The third kappa shape index (κ3) is 4.59. The highest BCUT2D eigenvalue weighted by molar-refractivity contribution is 6.30. The molecule has 3 aromatic rings. The van der Waals surface area contributed by atoms with E-state index in [4.69, 9.17) is 16.3 Å². The fourth-order valence-corrected chi connectivity index (χ4v) is 2.40. The molecule has 27 heavy (non-hydrogen) atoms. The monoisotopic (exact) mass is 382 g/mol. The fourth-order valence-electron chi connectivity index (χ4n) is 2.27. The SMILES string of the molecule is COC(=O)c1ccccc1Nc1nccc(C(=O)Nc2ccc(Cl)cc2)n1. The van der Waals surface area contributed by atoms with Crippen molar-refractivity contribution in [2.24, 2.45) is 0 Å². The van der Waals surface area contributed by atoms with Crippen LogP contribution in [0.2, 0.25) is 5.02 Å². The molecule has 0 saturated carbocycles. The minimum atomic E-state index is -0.491. The van der Waals surface area contributed by atoms with Gasteiger partial charge in [-0.1, -0.05) is 23.7 Å². The number of hydrogen-bond acceptors (Lipinski definition) is 6. The molecule has 0 aliphatic rings. The van der Waals surface area contributed by atoms with Crippen LogP contribution in [0.1, 0.15) is 20.8 Å². The van der Waals surface area contributed by atoms with Crippen molar-refractivity contribution in [1.82, 2.24) is 9.97 Å². The van der Waals surface area contributed by atoms with Gasteiger partial charge >= 0.3 is 5.97 Å². The van der Waals surface area contributed by atoms with Crippen molar-refractivity contribution in [3.05, 3.63) is 77.1 Å². The van der Waals surface area contributed by atoms with Gasteiger partial charge < -0.3 is 15.4 Å². The van der Waals surface area contributed by atoms with E-state index in [9.17, 15) is 9.59 Å². The van der Waals surface area contributed by atoms with Crippen LogP contribution >= 0.6 is 11.6 Å². The quantitative estimate of drug-likeness (QED) is 0.650. The largest absolute Gasteiger partial charge is 0.465 e. The van der Waals surface area contributed by atoms with E-state index in [0.29, 0.717) is 22.0 Å². The molecule has 0 spiro atoms. The predicted octanol–water partition coefficient (Wildman–Crippen LogP) is 3.91. The van der Waals surface area contributed by atoms with E-state index < -0.39 is 11.9 Å². The first-order chi connectivity index (χ1) is 13.1. The lowest BCUT2D eigenvalue weighted by Gasteiger charge is -2.10. The molecule has 7 nitrogen and oxygen atoms in total. The van der Waals surface area contributed by atoms with E-state index in [-0.39, 0.29) is 11.6 Å². The third-order valence-electron chi connectivity index (χ3n) is 3.57. The van der Waals surface area contributed by atoms with Gasteiger partial charge in [-0.05, 0) is 42.5 Å². The van der Waals surface area contributed by atoms with E-state index >= 15 is 0 Å². The molecule has 1 aromatic heterocycles. The smallest absolute Gasteiger partial charge is 0.339 e. The fraction of sp³-hybridized carbons (Fsp3) is 0.0526. The number of carbonyl (C=O) groups excluding carboxylic acids is 2. The first-order valence-electron chi connectivity index (χ1n) is 7.91. The first kappa shape index (κ1) is 18.3. The summed E-state index contributed by atoms with van der Waals surface area (Å²) in [5.41, 5.74) is 1.56. The number of carbonyl (C=O) groups is 2. The van der Waals surface area contributed by atoms with E-state index in [1.54, 1.807) is 48.5 Å². The van der Waals surface area contributed by atoms with Crippen molar-refractivity contribution >= 4 is 40.8 Å². The standard InChI is InChI=1S/C19H15ClN4O3/c1-27-18(26)14-4-2-3-5-15(14)23-19-21-11-10-16(24-19)17(25)22-13-8-6-12(20)7-9-13/h2-11H,1H3,(H,22,25)(H,21,23,24). The molecular weight excluding hydrogens is 368 g/mol. The van der Waals surface area contributed by atoms with Crippen LogP contribution < -0.4 is 10.6 Å². The Bertz CT molecular complexity index is 977. The molecule has 2 aromatic carbocycles. The molecule has 1 amide bonds. The van der Waals surface area contributed by atoms with E-state index in [0.717, 1.165) is 0 Å². The highest BCUT2D eigenvalue weighted by Crippen LogP contribution is 2.20. The van der Waals surface area contributed by atoms with Crippen LogP contribution in [0.25, 0.3) is 0 Å². The Hall–Kier alpha value is -3.45. The van der Waals surface area contributed by atoms with Crippen molar-refractivity contribution in [2.45, 2.75) is 0 Å². The van der Waals surface area contributed by atoms with Gasteiger partial charge in [-0.3, -0.25) is 4.79 Å². The number of para-hydroxylation sites is 1. The molecule has 3 rings (SSSR count). The number of nitrogens with one attached hydrogen (secondary N) is 2. The molecule has 0 radical (unpaired) electrons. The second kappa shape index (κ2) is 8.29. The normalized spacial score (nSPS) is 10.1. The van der Waals surface area contributed by atoms with Gasteiger partial charge in [0.05, 0.1) is 18.4 Å². The molecule has 0 aliphatic heterocycles. The number of hydrogen-bond donors (Lipinski definition) is 2. The maximum Gasteiger partial charge on any atom is 0.339 e. The minimum Gasteiger partial charge on any atom is -0.465 e. The third-order valence-corrected chi connectivity index (χ3v) is 3.82. The summed E-state index contributed by atoms with van der Waals surface area (Å²) in [6.45, 7) is 0. The summed E-state index contributed by atoms with van der Waals surface area (Å²) < 4.78 is 4.76. The Morgan fingerprint density at radius 1 is 1.04 bits per heavy atom. The first-order valence-corrected chi connectivity index (χ1v) is 8.29. The number of ether oxygens (including phenoxy) is 1. The highest BCUT2D eigenvalue weighted by atomic mass is 35.5. The summed E-state index contributed by atoms with van der Waals surface area (Å²) in [6.07, 6.45) is 1.45. The van der Waals surface area contributed by atoms with Crippen LogP contribution in [0.5, 0.6) is 0 Å². The summed E-state index contributed by atoms with van der Waals surface area (Å²) in [5, 5.41) is 6.23. The lowest BCUT2D eigenvalue weighted by atomic mass is 10.2. The van der Waals surface area contributed by atoms with Crippen LogP contribution in [0.15, 0.2) is 60.8 Å². The lowest BCUT2D eigenvalue weighted by Crippen LogP contribution is -2.15. The maximum atomic E-state index is 12.4. The van der Waals surface area contributed by atoms with E-state index in [1.165, 1.54) is 19.4 Å². The number of nitrogens with zero attached hydrogens (tertiary/aromatic N) is 2. The Kier molecular flexibility index (Phi) is 5.63. The van der Waals surface area contributed by atoms with Crippen LogP contribution in [0.4, 0.5) is 17.3 Å². The summed E-state index contributed by atoms with van der Waals surface area (Å²) >= 11 is 5.83. The average Bonchev–Trinajstić information content (AvgIpc) is 2.70. The predicted molar refractivity (Wildman–Crippen MR) is 103 cm³/mol. The van der Waals surface area contributed by atoms with Crippen LogP contribution in [-0.4, -0.2) is 29.0 Å². The minimum absolute atomic E-state index is 0.165. The van der Waals surface area contributed by atoms with Gasteiger partial charge in [-0.15, -0.1) is 0 Å². The summed E-state index contributed by atoms with van der Waals surface area (Å²) in [4.78, 5) is 32.5. The van der Waals surface area contributed by atoms with Gasteiger partial charge in [0.1, 0.15) is 5.69 Å². The van der Waals surface area contributed by atoms with Crippen molar-refractivity contribution in [2.75, 3.05) is 17.7 Å². The molecule has 2 N–H and O–H groups in total. The zero-order chi connectivity index (χ0) is 19.2. The average molecular weight is 383 g/mol. The second-order valence-corrected chi connectivity index (χ2v) is 5.83. The number of amides is 1. The molecule has 1 heterocycles. The topological polar surface area (TPSA) is 93.2 Å². The molecule has 0 unspecified atom stereocenters. The van der Waals surface area contributed by atoms with Gasteiger partial charge in [0.2, 0.25) is 5.95 Å². The Morgan fingerprint density at radius 2 is 1.78 bits per heavy atom. The maximum absolute atomic E-state index is 12.4. The van der Waals surface area contributed by atoms with Gasteiger partial charge in [0.25, 0.3) is 5.91 Å². The molecular formula is C19H15ClN4O3. The lowest BCUT2D eigenvalue weighted by molar-refractivity contribution is 0.0601.